The number of aliphatic hydroxyl groups excluding tert-OH is 1. The highest BCUT2D eigenvalue weighted by Crippen LogP contribution is 2.71. The molecule has 3 aromatic rings. The maximum absolute atomic E-state index is 12.7. The predicted molar refractivity (Wildman–Crippen MR) is 104 cm³/mol. The van der Waals surface area contributed by atoms with Crippen LogP contribution in [0.5, 0.6) is 0 Å². The van der Waals surface area contributed by atoms with Crippen molar-refractivity contribution in [1.82, 2.24) is 0 Å². The Morgan fingerprint density at radius 2 is 1.41 bits per heavy atom. The van der Waals surface area contributed by atoms with Crippen LogP contribution in [0.2, 0.25) is 0 Å². The summed E-state index contributed by atoms with van der Waals surface area (Å²) < 4.78 is 5.14. The molecule has 0 saturated heterocycles. The second kappa shape index (κ2) is 7.01. The van der Waals surface area contributed by atoms with Crippen molar-refractivity contribution in [3.63, 3.8) is 0 Å². The van der Waals surface area contributed by atoms with Gasteiger partial charge >= 0.3 is 5.97 Å². The Labute approximate surface area is 159 Å². The molecule has 1 aliphatic carbocycles. The van der Waals surface area contributed by atoms with Crippen molar-refractivity contribution in [2.24, 2.45) is 5.92 Å². The topological polar surface area (TPSA) is 46.5 Å². The Kier molecular flexibility index (Phi) is 4.54. The first kappa shape index (κ1) is 17.5. The van der Waals surface area contributed by atoms with Gasteiger partial charge in [0, 0.05) is 11.3 Å². The van der Waals surface area contributed by atoms with Gasteiger partial charge in [0.1, 0.15) is 0 Å². The zero-order chi connectivity index (χ0) is 18.9. The van der Waals surface area contributed by atoms with Crippen LogP contribution in [0.15, 0.2) is 91.0 Å². The summed E-state index contributed by atoms with van der Waals surface area (Å²) in [6.45, 7) is 0. The minimum atomic E-state index is -0.824. The van der Waals surface area contributed by atoms with Gasteiger partial charge in [0.15, 0.2) is 0 Å². The number of carbonyl (C=O) groups is 1. The van der Waals surface area contributed by atoms with Gasteiger partial charge in [-0.05, 0) is 16.7 Å². The third-order valence-corrected chi connectivity index (χ3v) is 5.71. The van der Waals surface area contributed by atoms with Crippen LogP contribution in [0.1, 0.15) is 28.7 Å². The highest BCUT2D eigenvalue weighted by Gasteiger charge is 2.73. The van der Waals surface area contributed by atoms with Gasteiger partial charge in [-0.2, -0.15) is 0 Å². The molecule has 0 aliphatic heterocycles. The lowest BCUT2D eigenvalue weighted by Crippen LogP contribution is -2.25. The smallest absolute Gasteiger partial charge is 0.310 e. The summed E-state index contributed by atoms with van der Waals surface area (Å²) in [7, 11) is 1.41. The van der Waals surface area contributed by atoms with Crippen molar-refractivity contribution in [2.75, 3.05) is 7.11 Å². The van der Waals surface area contributed by atoms with Crippen molar-refractivity contribution >= 4 is 5.97 Å². The van der Waals surface area contributed by atoms with Gasteiger partial charge in [0.2, 0.25) is 0 Å². The van der Waals surface area contributed by atoms with E-state index in [9.17, 15) is 9.90 Å². The number of ether oxygens (including phenoxy) is 1. The molecule has 1 fully saturated rings. The van der Waals surface area contributed by atoms with E-state index in [4.69, 9.17) is 4.74 Å². The third kappa shape index (κ3) is 2.75. The van der Waals surface area contributed by atoms with Crippen LogP contribution >= 0.6 is 0 Å². The first-order chi connectivity index (χ1) is 13.2. The number of methoxy groups -OCH3 is 1. The standard InChI is InChI=1S/C24H22O3/c1-27-23(26)21-20(17-11-5-2-6-12-17)24(21,19-15-9-4-10-16-19)22(25)18-13-7-3-8-14-18/h2-16,20-22,25H,1H3/t20-,21+,22-,24-/m0/s1. The van der Waals surface area contributed by atoms with Gasteiger partial charge in [0.05, 0.1) is 19.1 Å². The number of aliphatic hydroxyl groups is 1. The molecule has 0 bridgehead atoms. The molecular weight excluding hydrogens is 336 g/mol. The highest BCUT2D eigenvalue weighted by atomic mass is 16.5. The van der Waals surface area contributed by atoms with Crippen LogP contribution in [0.25, 0.3) is 0 Å². The summed E-state index contributed by atoms with van der Waals surface area (Å²) in [6.07, 6.45) is -0.824. The number of esters is 1. The second-order valence-corrected chi connectivity index (χ2v) is 7.00. The van der Waals surface area contributed by atoms with Crippen LogP contribution < -0.4 is 0 Å². The average molecular weight is 358 g/mol. The fourth-order valence-corrected chi connectivity index (χ4v) is 4.49. The molecule has 3 heteroatoms. The van der Waals surface area contributed by atoms with Gasteiger partial charge in [-0.1, -0.05) is 91.0 Å². The minimum absolute atomic E-state index is 0.149. The lowest BCUT2D eigenvalue weighted by molar-refractivity contribution is -0.143. The molecule has 0 unspecified atom stereocenters. The molecule has 0 spiro atoms. The molecule has 3 nitrogen and oxygen atoms in total. The zero-order valence-corrected chi connectivity index (χ0v) is 15.2. The van der Waals surface area contributed by atoms with Gasteiger partial charge in [0.25, 0.3) is 0 Å². The van der Waals surface area contributed by atoms with Crippen molar-refractivity contribution < 1.29 is 14.6 Å². The largest absolute Gasteiger partial charge is 0.469 e. The van der Waals surface area contributed by atoms with Crippen molar-refractivity contribution in [3.05, 3.63) is 108 Å². The molecule has 4 atom stereocenters. The van der Waals surface area contributed by atoms with E-state index in [-0.39, 0.29) is 11.9 Å². The molecule has 136 valence electrons. The lowest BCUT2D eigenvalue weighted by atomic mass is 9.81. The van der Waals surface area contributed by atoms with Crippen molar-refractivity contribution in [3.8, 4) is 0 Å². The van der Waals surface area contributed by atoms with E-state index in [1.807, 2.05) is 91.0 Å². The first-order valence-corrected chi connectivity index (χ1v) is 9.12. The average Bonchev–Trinajstić information content (AvgIpc) is 3.46. The molecule has 3 aromatic carbocycles. The summed E-state index contributed by atoms with van der Waals surface area (Å²) in [4.78, 5) is 12.7. The Balaban J connectivity index is 1.91. The van der Waals surface area contributed by atoms with E-state index in [2.05, 4.69) is 0 Å². The highest BCUT2D eigenvalue weighted by molar-refractivity contribution is 5.83. The van der Waals surface area contributed by atoms with Crippen molar-refractivity contribution in [1.29, 1.82) is 0 Å². The maximum Gasteiger partial charge on any atom is 0.310 e. The molecule has 27 heavy (non-hydrogen) atoms. The summed E-state index contributed by atoms with van der Waals surface area (Å²) in [5.41, 5.74) is 2.03. The second-order valence-electron chi connectivity index (χ2n) is 7.00. The molecular formula is C24H22O3. The number of benzene rings is 3. The fourth-order valence-electron chi connectivity index (χ4n) is 4.49. The molecule has 0 radical (unpaired) electrons. The van der Waals surface area contributed by atoms with E-state index in [1.54, 1.807) is 0 Å². The maximum atomic E-state index is 12.7. The molecule has 1 N–H and O–H groups in total. The SMILES string of the molecule is COC(=O)[C@H]1[C@H](c2ccccc2)[C@]1(c1ccccc1)[C@@H](O)c1ccccc1. The third-order valence-electron chi connectivity index (χ3n) is 5.71. The van der Waals surface area contributed by atoms with Gasteiger partial charge in [-0.25, -0.2) is 0 Å². The fraction of sp³-hybridized carbons (Fsp3) is 0.208. The zero-order valence-electron chi connectivity index (χ0n) is 15.2. The Morgan fingerprint density at radius 1 is 0.889 bits per heavy atom. The van der Waals surface area contributed by atoms with Crippen LogP contribution in [0.4, 0.5) is 0 Å². The van der Waals surface area contributed by atoms with Crippen LogP contribution in [0, 0.1) is 5.92 Å². The number of rotatable bonds is 5. The number of carbonyl (C=O) groups excluding carboxylic acids is 1. The van der Waals surface area contributed by atoms with Gasteiger partial charge in [-0.3, -0.25) is 4.79 Å². The minimum Gasteiger partial charge on any atom is -0.469 e. The number of hydrogen-bond acceptors (Lipinski definition) is 3. The molecule has 1 saturated carbocycles. The van der Waals surface area contributed by atoms with E-state index < -0.39 is 17.4 Å². The van der Waals surface area contributed by atoms with Crippen LogP contribution in [0.3, 0.4) is 0 Å². The van der Waals surface area contributed by atoms with E-state index in [0.717, 1.165) is 16.7 Å². The first-order valence-electron chi connectivity index (χ1n) is 9.12. The lowest BCUT2D eigenvalue weighted by Gasteiger charge is -2.26. The monoisotopic (exact) mass is 358 g/mol. The molecule has 0 aromatic heterocycles. The van der Waals surface area contributed by atoms with E-state index in [0.29, 0.717) is 0 Å². The Bertz CT molecular complexity index is 908. The van der Waals surface area contributed by atoms with Crippen LogP contribution in [-0.2, 0) is 14.9 Å². The molecule has 0 amide bonds. The van der Waals surface area contributed by atoms with Gasteiger partial charge in [-0.15, -0.1) is 0 Å². The van der Waals surface area contributed by atoms with Gasteiger partial charge < -0.3 is 9.84 Å². The Morgan fingerprint density at radius 3 is 1.96 bits per heavy atom. The molecule has 4 rings (SSSR count). The predicted octanol–water partition coefficient (Wildman–Crippen LogP) is 4.24. The summed E-state index contributed by atoms with van der Waals surface area (Å²) in [6, 6.07) is 29.3. The summed E-state index contributed by atoms with van der Waals surface area (Å²) in [5, 5.41) is 11.5. The number of hydrogen-bond donors (Lipinski definition) is 1. The molecule has 0 heterocycles. The summed E-state index contributed by atoms with van der Waals surface area (Å²) in [5.74, 6) is -0.881. The molecule has 1 aliphatic rings. The summed E-state index contributed by atoms with van der Waals surface area (Å²) >= 11 is 0. The Hall–Kier alpha value is -2.91. The normalized spacial score (nSPS) is 24.8. The quantitative estimate of drug-likeness (QED) is 0.694. The van der Waals surface area contributed by atoms with E-state index in [1.165, 1.54) is 7.11 Å². The van der Waals surface area contributed by atoms with Crippen molar-refractivity contribution in [2.45, 2.75) is 17.4 Å². The van der Waals surface area contributed by atoms with Crippen LogP contribution in [-0.4, -0.2) is 18.2 Å². The van der Waals surface area contributed by atoms with E-state index >= 15 is 0 Å².